The minimum atomic E-state index is 0.444. The van der Waals surface area contributed by atoms with Crippen molar-refractivity contribution in [1.29, 1.82) is 0 Å². The van der Waals surface area contributed by atoms with Crippen molar-refractivity contribution in [3.8, 4) is 5.75 Å². The van der Waals surface area contributed by atoms with Crippen LogP contribution >= 0.6 is 0 Å². The van der Waals surface area contributed by atoms with Gasteiger partial charge in [0.1, 0.15) is 11.6 Å². The van der Waals surface area contributed by atoms with E-state index in [1.807, 2.05) is 38.4 Å². The van der Waals surface area contributed by atoms with Gasteiger partial charge >= 0.3 is 0 Å². The average Bonchev–Trinajstić information content (AvgIpc) is 3.50. The molecule has 32 heavy (non-hydrogen) atoms. The second-order valence-electron chi connectivity index (χ2n) is 9.55. The summed E-state index contributed by atoms with van der Waals surface area (Å²) in [7, 11) is 5.78. The van der Waals surface area contributed by atoms with Crippen LogP contribution in [0.15, 0.2) is 48.5 Å². The van der Waals surface area contributed by atoms with Crippen molar-refractivity contribution in [2.45, 2.75) is 50.7 Å². The molecule has 2 saturated carbocycles. The van der Waals surface area contributed by atoms with Crippen molar-refractivity contribution in [2.75, 3.05) is 31.4 Å². The minimum Gasteiger partial charge on any atom is -0.497 e. The maximum absolute atomic E-state index is 5.25. The molecule has 2 N–H and O–H groups in total. The molecule has 6 heteroatoms. The molecule has 168 valence electrons. The molecule has 5 rings (SSSR count). The molecule has 0 unspecified atom stereocenters. The number of nitrogens with one attached hydrogen (secondary N) is 2. The van der Waals surface area contributed by atoms with Crippen molar-refractivity contribution in [3.63, 3.8) is 0 Å². The van der Waals surface area contributed by atoms with Gasteiger partial charge in [-0.2, -0.15) is 4.98 Å². The first kappa shape index (κ1) is 21.0. The van der Waals surface area contributed by atoms with Gasteiger partial charge in [0.05, 0.1) is 12.6 Å². The van der Waals surface area contributed by atoms with Gasteiger partial charge in [-0.25, -0.2) is 4.98 Å². The molecule has 6 nitrogen and oxygen atoms in total. The number of nitrogens with zero attached hydrogens (tertiary/aromatic N) is 3. The Bertz CT molecular complexity index is 1070. The molecule has 0 aliphatic heterocycles. The number of rotatable bonds is 7. The van der Waals surface area contributed by atoms with E-state index in [1.54, 1.807) is 7.11 Å². The van der Waals surface area contributed by atoms with Crippen LogP contribution in [0.3, 0.4) is 0 Å². The van der Waals surface area contributed by atoms with Crippen LogP contribution in [0, 0.1) is 5.41 Å². The van der Waals surface area contributed by atoms with Crippen molar-refractivity contribution in [1.82, 2.24) is 15.3 Å². The topological polar surface area (TPSA) is 62.3 Å². The fraction of sp³-hybridized carbons (Fsp3) is 0.462. The zero-order valence-corrected chi connectivity index (χ0v) is 19.3. The lowest BCUT2D eigenvalue weighted by Crippen LogP contribution is -2.31. The van der Waals surface area contributed by atoms with Gasteiger partial charge in [-0.1, -0.05) is 24.3 Å². The first-order chi connectivity index (χ1) is 15.6. The predicted octanol–water partition coefficient (Wildman–Crippen LogP) is 4.61. The Morgan fingerprint density at radius 1 is 1.03 bits per heavy atom. The number of hydrogen-bond acceptors (Lipinski definition) is 6. The molecule has 2 aromatic carbocycles. The molecule has 1 atom stereocenters. The maximum atomic E-state index is 5.25. The SMILES string of the molecule is COc1ccc(CN[C@@H]2CC23CCC(Nc2nc(N(C)C)c4ccccc4n2)CC3)cc1. The summed E-state index contributed by atoms with van der Waals surface area (Å²) in [4.78, 5) is 11.7. The van der Waals surface area contributed by atoms with E-state index in [2.05, 4.69) is 39.8 Å². The van der Waals surface area contributed by atoms with Gasteiger partial charge in [0, 0.05) is 38.1 Å². The van der Waals surface area contributed by atoms with Crippen molar-refractivity contribution in [2.24, 2.45) is 5.41 Å². The molecule has 2 aliphatic carbocycles. The van der Waals surface area contributed by atoms with Gasteiger partial charge in [0.15, 0.2) is 0 Å². The van der Waals surface area contributed by atoms with Gasteiger partial charge in [-0.05, 0) is 67.3 Å². The van der Waals surface area contributed by atoms with E-state index in [4.69, 9.17) is 14.7 Å². The molecule has 2 aliphatic rings. The van der Waals surface area contributed by atoms with Gasteiger partial charge in [-0.15, -0.1) is 0 Å². The zero-order valence-electron chi connectivity index (χ0n) is 19.3. The van der Waals surface area contributed by atoms with Crippen molar-refractivity contribution in [3.05, 3.63) is 54.1 Å². The van der Waals surface area contributed by atoms with Crippen molar-refractivity contribution < 1.29 is 4.74 Å². The third-order valence-electron chi connectivity index (χ3n) is 7.22. The Morgan fingerprint density at radius 2 is 1.78 bits per heavy atom. The lowest BCUT2D eigenvalue weighted by atomic mass is 9.83. The number of benzene rings is 2. The van der Waals surface area contributed by atoms with E-state index in [9.17, 15) is 0 Å². The Hall–Kier alpha value is -2.86. The van der Waals surface area contributed by atoms with Crippen LogP contribution in [-0.4, -0.2) is 43.3 Å². The summed E-state index contributed by atoms with van der Waals surface area (Å²) in [6.07, 6.45) is 6.17. The van der Waals surface area contributed by atoms with Gasteiger partial charge < -0.3 is 20.3 Å². The molecular formula is C26H33N5O. The minimum absolute atomic E-state index is 0.444. The summed E-state index contributed by atoms with van der Waals surface area (Å²) in [5, 5.41) is 8.51. The summed E-state index contributed by atoms with van der Waals surface area (Å²) in [5.41, 5.74) is 2.79. The van der Waals surface area contributed by atoms with Crippen LogP contribution < -0.4 is 20.3 Å². The maximum Gasteiger partial charge on any atom is 0.225 e. The van der Waals surface area contributed by atoms with Gasteiger partial charge in [0.2, 0.25) is 5.95 Å². The van der Waals surface area contributed by atoms with E-state index in [1.165, 1.54) is 37.7 Å². The lowest BCUT2D eigenvalue weighted by Gasteiger charge is -2.30. The number of fused-ring (bicyclic) bond motifs is 1. The highest BCUT2D eigenvalue weighted by molar-refractivity contribution is 5.90. The number of anilines is 2. The number of para-hydroxylation sites is 1. The van der Waals surface area contributed by atoms with E-state index in [0.29, 0.717) is 17.5 Å². The van der Waals surface area contributed by atoms with Gasteiger partial charge in [-0.3, -0.25) is 0 Å². The number of hydrogen-bond donors (Lipinski definition) is 2. The molecule has 0 bridgehead atoms. The molecular weight excluding hydrogens is 398 g/mol. The molecule has 0 amide bonds. The Labute approximate surface area is 190 Å². The molecule has 2 fully saturated rings. The Balaban J connectivity index is 1.16. The third-order valence-corrected chi connectivity index (χ3v) is 7.22. The summed E-state index contributed by atoms with van der Waals surface area (Å²) in [6.45, 7) is 0.927. The summed E-state index contributed by atoms with van der Waals surface area (Å²) in [5.74, 6) is 2.63. The van der Waals surface area contributed by atoms with E-state index < -0.39 is 0 Å². The summed E-state index contributed by atoms with van der Waals surface area (Å²) >= 11 is 0. The first-order valence-corrected chi connectivity index (χ1v) is 11.6. The van der Waals surface area contributed by atoms with Crippen molar-refractivity contribution >= 4 is 22.7 Å². The van der Waals surface area contributed by atoms with Crippen LogP contribution in [0.4, 0.5) is 11.8 Å². The Morgan fingerprint density at radius 3 is 2.50 bits per heavy atom. The molecule has 0 saturated heterocycles. The molecule has 0 radical (unpaired) electrons. The predicted molar refractivity (Wildman–Crippen MR) is 130 cm³/mol. The van der Waals surface area contributed by atoms with E-state index in [0.717, 1.165) is 35.0 Å². The highest BCUT2D eigenvalue weighted by Gasteiger charge is 2.54. The largest absolute Gasteiger partial charge is 0.497 e. The molecule has 3 aromatic rings. The average molecular weight is 432 g/mol. The van der Waals surface area contributed by atoms with Crippen LogP contribution in [0.1, 0.15) is 37.7 Å². The fourth-order valence-electron chi connectivity index (χ4n) is 5.16. The van der Waals surface area contributed by atoms with Crippen LogP contribution in [-0.2, 0) is 6.54 Å². The highest BCUT2D eigenvalue weighted by atomic mass is 16.5. The second-order valence-corrected chi connectivity index (χ2v) is 9.55. The molecule has 1 heterocycles. The summed E-state index contributed by atoms with van der Waals surface area (Å²) in [6, 6.07) is 17.7. The standard InChI is InChI=1S/C26H33N5O/c1-31(2)24-21-6-4-5-7-22(21)29-25(30-24)28-19-12-14-26(15-13-19)16-23(26)27-17-18-8-10-20(32-3)11-9-18/h4-11,19,23,27H,12-17H2,1-3H3,(H,28,29,30)/t19?,23-,26?/m1/s1. The van der Waals surface area contributed by atoms with Crippen LogP contribution in [0.5, 0.6) is 5.75 Å². The normalized spacial score (nSPS) is 24.5. The highest BCUT2D eigenvalue weighted by Crippen LogP contribution is 2.56. The smallest absolute Gasteiger partial charge is 0.225 e. The van der Waals surface area contributed by atoms with Crippen LogP contribution in [0.25, 0.3) is 10.9 Å². The molecule has 1 aromatic heterocycles. The number of methoxy groups -OCH3 is 1. The fourth-order valence-corrected chi connectivity index (χ4v) is 5.16. The number of aromatic nitrogens is 2. The second kappa shape index (κ2) is 8.58. The third kappa shape index (κ3) is 4.24. The quantitative estimate of drug-likeness (QED) is 0.570. The van der Waals surface area contributed by atoms with Crippen LogP contribution in [0.2, 0.25) is 0 Å². The first-order valence-electron chi connectivity index (χ1n) is 11.6. The van der Waals surface area contributed by atoms with Gasteiger partial charge in [0.25, 0.3) is 0 Å². The monoisotopic (exact) mass is 431 g/mol. The van der Waals surface area contributed by atoms with E-state index >= 15 is 0 Å². The van der Waals surface area contributed by atoms with E-state index in [-0.39, 0.29) is 0 Å². The molecule has 1 spiro atoms. The summed E-state index contributed by atoms with van der Waals surface area (Å²) < 4.78 is 5.25. The Kier molecular flexibility index (Phi) is 5.64. The number of ether oxygens (including phenoxy) is 1. The zero-order chi connectivity index (χ0) is 22.1. The lowest BCUT2D eigenvalue weighted by molar-refractivity contribution is 0.296.